The van der Waals surface area contributed by atoms with Gasteiger partial charge in [-0.05, 0) is 18.6 Å². The van der Waals surface area contributed by atoms with E-state index in [0.717, 1.165) is 5.56 Å². The molecular weight excluding hydrogens is 232 g/mol. The van der Waals surface area contributed by atoms with Crippen molar-refractivity contribution in [2.45, 2.75) is 25.9 Å². The fraction of sp³-hybridized carbons (Fsp3) is 0.333. The van der Waals surface area contributed by atoms with Crippen LogP contribution in [0.1, 0.15) is 17.9 Å². The molecule has 18 heavy (non-hydrogen) atoms. The topological polar surface area (TPSA) is 95.8 Å². The second kappa shape index (κ2) is 5.38. The van der Waals surface area contributed by atoms with E-state index >= 15 is 0 Å². The van der Waals surface area contributed by atoms with Crippen LogP contribution >= 0.6 is 0 Å². The predicted molar refractivity (Wildman–Crippen MR) is 62.2 cm³/mol. The first-order valence-electron chi connectivity index (χ1n) is 5.50. The van der Waals surface area contributed by atoms with E-state index in [1.807, 2.05) is 25.1 Å². The zero-order valence-electron chi connectivity index (χ0n) is 9.87. The van der Waals surface area contributed by atoms with E-state index in [1.54, 1.807) is 6.20 Å². The lowest BCUT2D eigenvalue weighted by Crippen LogP contribution is -2.09. The largest absolute Gasteiger partial charge is 0.392 e. The lowest BCUT2D eigenvalue weighted by molar-refractivity contribution is 0.167. The number of aryl methyl sites for hydroxylation is 1. The van der Waals surface area contributed by atoms with Gasteiger partial charge in [-0.3, -0.25) is 4.98 Å². The third kappa shape index (κ3) is 2.70. The number of hydrogen-bond acceptors (Lipinski definition) is 6. The van der Waals surface area contributed by atoms with Gasteiger partial charge in [0, 0.05) is 6.20 Å². The Morgan fingerprint density at radius 1 is 1.56 bits per heavy atom. The summed E-state index contributed by atoms with van der Waals surface area (Å²) < 4.78 is 5.02. The van der Waals surface area contributed by atoms with Gasteiger partial charge in [0.25, 0.3) is 0 Å². The van der Waals surface area contributed by atoms with Crippen molar-refractivity contribution in [2.24, 2.45) is 0 Å². The number of hydrogen-bond donors (Lipinski definition) is 1. The monoisotopic (exact) mass is 244 g/mol. The first-order valence-corrected chi connectivity index (χ1v) is 5.50. The van der Waals surface area contributed by atoms with Crippen molar-refractivity contribution >= 4 is 0 Å². The lowest BCUT2D eigenvalue weighted by atomic mass is 10.2. The van der Waals surface area contributed by atoms with Gasteiger partial charge in [-0.25, -0.2) is 0 Å². The Labute approximate surface area is 104 Å². The molecule has 0 saturated carbocycles. The quantitative estimate of drug-likeness (QED) is 0.869. The van der Waals surface area contributed by atoms with E-state index in [4.69, 9.17) is 9.78 Å². The molecule has 1 N–H and O–H groups in total. The van der Waals surface area contributed by atoms with Crippen LogP contribution in [0.4, 0.5) is 0 Å². The minimum Gasteiger partial charge on any atom is -0.392 e. The van der Waals surface area contributed by atoms with Gasteiger partial charge in [-0.2, -0.15) is 10.2 Å². The SMILES string of the molecule is Cc1cccnc1-c1noc(CC(O)CC#N)n1. The molecule has 6 heteroatoms. The molecule has 0 aliphatic heterocycles. The van der Waals surface area contributed by atoms with Crippen LogP contribution in [-0.2, 0) is 6.42 Å². The molecule has 2 aromatic heterocycles. The summed E-state index contributed by atoms with van der Waals surface area (Å²) in [5.41, 5.74) is 1.60. The Balaban J connectivity index is 2.16. The van der Waals surface area contributed by atoms with E-state index in [2.05, 4.69) is 15.1 Å². The minimum atomic E-state index is -0.784. The summed E-state index contributed by atoms with van der Waals surface area (Å²) >= 11 is 0. The van der Waals surface area contributed by atoms with Crippen LogP contribution in [0.25, 0.3) is 11.5 Å². The molecule has 92 valence electrons. The standard InChI is InChI=1S/C12H12N4O2/c1-8-3-2-6-14-11(8)12-15-10(18-16-12)7-9(17)4-5-13/h2-3,6,9,17H,4,7H2,1H3. The van der Waals surface area contributed by atoms with Crippen molar-refractivity contribution in [2.75, 3.05) is 0 Å². The highest BCUT2D eigenvalue weighted by Gasteiger charge is 2.14. The number of aliphatic hydroxyl groups excluding tert-OH is 1. The number of rotatable bonds is 4. The van der Waals surface area contributed by atoms with Gasteiger partial charge < -0.3 is 9.63 Å². The van der Waals surface area contributed by atoms with Crippen molar-refractivity contribution < 1.29 is 9.63 Å². The lowest BCUT2D eigenvalue weighted by Gasteiger charge is -2.00. The fourth-order valence-corrected chi connectivity index (χ4v) is 1.53. The molecule has 0 bridgehead atoms. The van der Waals surface area contributed by atoms with Crippen molar-refractivity contribution in [3.63, 3.8) is 0 Å². The molecule has 0 spiro atoms. The molecule has 0 radical (unpaired) electrons. The van der Waals surface area contributed by atoms with Crippen molar-refractivity contribution in [3.05, 3.63) is 29.8 Å². The Morgan fingerprint density at radius 3 is 3.11 bits per heavy atom. The second-order valence-electron chi connectivity index (χ2n) is 3.90. The zero-order chi connectivity index (χ0) is 13.0. The molecule has 0 aliphatic rings. The second-order valence-corrected chi connectivity index (χ2v) is 3.90. The molecule has 6 nitrogen and oxygen atoms in total. The molecule has 1 unspecified atom stereocenters. The first-order chi connectivity index (χ1) is 8.70. The highest BCUT2D eigenvalue weighted by molar-refractivity contribution is 5.53. The molecule has 0 saturated heterocycles. The number of nitrogens with zero attached hydrogens (tertiary/aromatic N) is 4. The van der Waals surface area contributed by atoms with Gasteiger partial charge in [0.15, 0.2) is 0 Å². The number of aliphatic hydroxyl groups is 1. The van der Waals surface area contributed by atoms with Gasteiger partial charge in [-0.15, -0.1) is 0 Å². The van der Waals surface area contributed by atoms with E-state index in [-0.39, 0.29) is 12.8 Å². The molecule has 2 aromatic rings. The Bertz CT molecular complexity index is 573. The fourth-order valence-electron chi connectivity index (χ4n) is 1.53. The number of aromatic nitrogens is 3. The Kier molecular flexibility index (Phi) is 3.65. The van der Waals surface area contributed by atoms with Gasteiger partial charge in [-0.1, -0.05) is 11.2 Å². The predicted octanol–water partition coefficient (Wildman–Crippen LogP) is 1.26. The van der Waals surface area contributed by atoms with E-state index in [0.29, 0.717) is 17.4 Å². The molecule has 2 heterocycles. The summed E-state index contributed by atoms with van der Waals surface area (Å²) in [7, 11) is 0. The molecule has 0 aromatic carbocycles. The number of pyridine rings is 1. The maximum absolute atomic E-state index is 9.47. The summed E-state index contributed by atoms with van der Waals surface area (Å²) in [6.07, 6.45) is 1.09. The average molecular weight is 244 g/mol. The van der Waals surface area contributed by atoms with Gasteiger partial charge >= 0.3 is 0 Å². The highest BCUT2D eigenvalue weighted by Crippen LogP contribution is 2.17. The van der Waals surface area contributed by atoms with Gasteiger partial charge in [0.1, 0.15) is 5.69 Å². The van der Waals surface area contributed by atoms with Crippen molar-refractivity contribution in [3.8, 4) is 17.6 Å². The third-order valence-corrected chi connectivity index (χ3v) is 2.43. The summed E-state index contributed by atoms with van der Waals surface area (Å²) in [6, 6.07) is 5.62. The maximum atomic E-state index is 9.47. The van der Waals surface area contributed by atoms with Crippen LogP contribution in [0.2, 0.25) is 0 Å². The summed E-state index contributed by atoms with van der Waals surface area (Å²) in [4.78, 5) is 8.33. The molecule has 2 rings (SSSR count). The maximum Gasteiger partial charge on any atom is 0.229 e. The van der Waals surface area contributed by atoms with Crippen LogP contribution in [0.5, 0.6) is 0 Å². The molecular formula is C12H12N4O2. The van der Waals surface area contributed by atoms with Crippen LogP contribution in [0, 0.1) is 18.3 Å². The normalized spacial score (nSPS) is 12.1. The van der Waals surface area contributed by atoms with Crippen LogP contribution in [0.15, 0.2) is 22.9 Å². The van der Waals surface area contributed by atoms with Crippen LogP contribution in [0.3, 0.4) is 0 Å². The van der Waals surface area contributed by atoms with E-state index in [1.165, 1.54) is 0 Å². The Morgan fingerprint density at radius 2 is 2.39 bits per heavy atom. The Hall–Kier alpha value is -2.26. The van der Waals surface area contributed by atoms with Crippen LogP contribution in [-0.4, -0.2) is 26.3 Å². The summed E-state index contributed by atoms with van der Waals surface area (Å²) in [6.45, 7) is 1.91. The minimum absolute atomic E-state index is 0.0420. The molecule has 0 fully saturated rings. The van der Waals surface area contributed by atoms with E-state index < -0.39 is 6.10 Å². The third-order valence-electron chi connectivity index (χ3n) is 2.43. The molecule has 0 amide bonds. The highest BCUT2D eigenvalue weighted by atomic mass is 16.5. The summed E-state index contributed by atoms with van der Waals surface area (Å²) in [5, 5.41) is 21.7. The van der Waals surface area contributed by atoms with Gasteiger partial charge in [0.2, 0.25) is 11.7 Å². The molecule has 0 aliphatic carbocycles. The average Bonchev–Trinajstić information content (AvgIpc) is 2.78. The summed E-state index contributed by atoms with van der Waals surface area (Å²) in [5.74, 6) is 0.699. The number of nitriles is 1. The van der Waals surface area contributed by atoms with Crippen LogP contribution < -0.4 is 0 Å². The van der Waals surface area contributed by atoms with Crippen molar-refractivity contribution in [1.29, 1.82) is 5.26 Å². The molecule has 1 atom stereocenters. The van der Waals surface area contributed by atoms with Gasteiger partial charge in [0.05, 0.1) is 25.0 Å². The van der Waals surface area contributed by atoms with E-state index in [9.17, 15) is 5.11 Å². The smallest absolute Gasteiger partial charge is 0.229 e. The van der Waals surface area contributed by atoms with Crippen molar-refractivity contribution in [1.82, 2.24) is 15.1 Å². The zero-order valence-corrected chi connectivity index (χ0v) is 9.87. The first kappa shape index (κ1) is 12.2.